The van der Waals surface area contributed by atoms with Crippen LogP contribution in [0.4, 0.5) is 9.59 Å². The summed E-state index contributed by atoms with van der Waals surface area (Å²) in [6.45, 7) is 6.06. The number of unbranched alkanes of at least 4 members (excludes halogenated alkanes) is 7. The molecule has 242 valence electrons. The smallest absolute Gasteiger partial charge is 0.415 e. The van der Waals surface area contributed by atoms with E-state index in [-0.39, 0.29) is 17.9 Å². The molecule has 8 nitrogen and oxygen atoms in total. The fourth-order valence-corrected chi connectivity index (χ4v) is 5.82. The fourth-order valence-electron chi connectivity index (χ4n) is 5.82. The van der Waals surface area contributed by atoms with Crippen molar-refractivity contribution in [3.05, 3.63) is 54.6 Å². The number of hydrogen-bond acceptors (Lipinski definition) is 5. The summed E-state index contributed by atoms with van der Waals surface area (Å²) in [7, 11) is 0. The number of carbonyl (C=O) groups excluding carboxylic acids is 2. The summed E-state index contributed by atoms with van der Waals surface area (Å²) in [4.78, 5) is 40.3. The van der Waals surface area contributed by atoms with Crippen molar-refractivity contribution in [2.45, 2.75) is 103 Å². The Bertz CT molecular complexity index is 1120. The van der Waals surface area contributed by atoms with Gasteiger partial charge in [-0.25, -0.2) is 9.59 Å². The third kappa shape index (κ3) is 11.9. The molecule has 3 rings (SSSR count). The molecule has 8 heteroatoms. The molecule has 1 saturated heterocycles. The lowest BCUT2D eigenvalue weighted by Crippen LogP contribution is -2.49. The number of carboxylic acid groups (broad SMARTS) is 1. The maximum atomic E-state index is 12.7. The van der Waals surface area contributed by atoms with Gasteiger partial charge in [-0.1, -0.05) is 94.8 Å². The Kier molecular flexibility index (Phi) is 15.6. The SMILES string of the molecule is CCCCCCCC(CC)C(=O)OCCCCCCN(C(=O)O)C1CCN(C(=O)Oc2ccc(-c3ccccc3)cc2)CC1. The van der Waals surface area contributed by atoms with Crippen LogP contribution in [0, 0.1) is 5.92 Å². The maximum absolute atomic E-state index is 12.7. The van der Waals surface area contributed by atoms with Crippen LogP contribution in [0.1, 0.15) is 97.3 Å². The van der Waals surface area contributed by atoms with Gasteiger partial charge in [0.25, 0.3) is 0 Å². The van der Waals surface area contributed by atoms with Crippen molar-refractivity contribution in [2.24, 2.45) is 5.92 Å². The van der Waals surface area contributed by atoms with Crippen molar-refractivity contribution in [3.8, 4) is 16.9 Å². The van der Waals surface area contributed by atoms with Crippen LogP contribution < -0.4 is 4.74 Å². The molecule has 1 unspecified atom stereocenters. The summed E-state index contributed by atoms with van der Waals surface area (Å²) in [5, 5.41) is 9.84. The van der Waals surface area contributed by atoms with Crippen molar-refractivity contribution in [2.75, 3.05) is 26.2 Å². The normalized spacial score (nSPS) is 14.2. The van der Waals surface area contributed by atoms with E-state index in [1.165, 1.54) is 30.6 Å². The summed E-state index contributed by atoms with van der Waals surface area (Å²) >= 11 is 0. The Balaban J connectivity index is 1.30. The minimum atomic E-state index is -0.918. The molecule has 0 aliphatic carbocycles. The van der Waals surface area contributed by atoms with E-state index in [4.69, 9.17) is 9.47 Å². The highest BCUT2D eigenvalue weighted by Gasteiger charge is 2.30. The van der Waals surface area contributed by atoms with Crippen molar-refractivity contribution in [3.63, 3.8) is 0 Å². The van der Waals surface area contributed by atoms with Crippen molar-refractivity contribution >= 4 is 18.2 Å². The van der Waals surface area contributed by atoms with E-state index in [0.29, 0.717) is 44.8 Å². The molecule has 2 aromatic carbocycles. The molecule has 0 bridgehead atoms. The number of benzene rings is 2. The third-order valence-corrected chi connectivity index (χ3v) is 8.60. The molecule has 0 aromatic heterocycles. The van der Waals surface area contributed by atoms with E-state index in [0.717, 1.165) is 56.1 Å². The molecule has 0 saturated carbocycles. The minimum Gasteiger partial charge on any atom is -0.465 e. The van der Waals surface area contributed by atoms with Crippen LogP contribution in [-0.4, -0.2) is 65.3 Å². The van der Waals surface area contributed by atoms with Crippen LogP contribution in [0.15, 0.2) is 54.6 Å². The van der Waals surface area contributed by atoms with Crippen LogP contribution in [0.25, 0.3) is 11.1 Å². The molecule has 44 heavy (non-hydrogen) atoms. The number of piperidine rings is 1. The Morgan fingerprint density at radius 1 is 0.841 bits per heavy atom. The molecule has 1 aliphatic heterocycles. The Labute approximate surface area is 263 Å². The zero-order valence-electron chi connectivity index (χ0n) is 26.8. The number of ether oxygens (including phenoxy) is 2. The van der Waals surface area contributed by atoms with Gasteiger partial charge in [-0.2, -0.15) is 0 Å². The van der Waals surface area contributed by atoms with Crippen molar-refractivity contribution in [1.82, 2.24) is 9.80 Å². The van der Waals surface area contributed by atoms with Gasteiger partial charge in [-0.15, -0.1) is 0 Å². The molecule has 1 fully saturated rings. The van der Waals surface area contributed by atoms with Gasteiger partial charge in [-0.05, 0) is 68.2 Å². The van der Waals surface area contributed by atoms with Crippen molar-refractivity contribution in [1.29, 1.82) is 0 Å². The lowest BCUT2D eigenvalue weighted by atomic mass is 9.98. The largest absolute Gasteiger partial charge is 0.465 e. The van der Waals surface area contributed by atoms with E-state index >= 15 is 0 Å². The van der Waals surface area contributed by atoms with Crippen LogP contribution >= 0.6 is 0 Å². The van der Waals surface area contributed by atoms with Crippen LogP contribution in [-0.2, 0) is 9.53 Å². The molecule has 1 atom stereocenters. The van der Waals surface area contributed by atoms with Crippen LogP contribution in [0.2, 0.25) is 0 Å². The quantitative estimate of drug-likeness (QED) is 0.134. The zero-order chi connectivity index (χ0) is 31.6. The van der Waals surface area contributed by atoms with E-state index in [2.05, 4.69) is 6.92 Å². The van der Waals surface area contributed by atoms with E-state index in [9.17, 15) is 19.5 Å². The van der Waals surface area contributed by atoms with Gasteiger partial charge in [-0.3, -0.25) is 4.79 Å². The number of hydrogen-bond donors (Lipinski definition) is 1. The summed E-state index contributed by atoms with van der Waals surface area (Å²) in [5.74, 6) is 0.415. The topological polar surface area (TPSA) is 96.4 Å². The monoisotopic (exact) mass is 608 g/mol. The second kappa shape index (κ2) is 19.7. The highest BCUT2D eigenvalue weighted by Crippen LogP contribution is 2.24. The van der Waals surface area contributed by atoms with Crippen LogP contribution in [0.3, 0.4) is 0 Å². The average molecular weight is 609 g/mol. The fraction of sp³-hybridized carbons (Fsp3) is 0.583. The Morgan fingerprint density at radius 2 is 1.48 bits per heavy atom. The molecule has 0 radical (unpaired) electrons. The van der Waals surface area contributed by atoms with E-state index in [1.54, 1.807) is 17.0 Å². The number of rotatable bonds is 18. The number of nitrogens with zero attached hydrogens (tertiary/aromatic N) is 2. The second-order valence-corrected chi connectivity index (χ2v) is 11.8. The first-order chi connectivity index (χ1) is 21.4. The number of esters is 1. The van der Waals surface area contributed by atoms with Gasteiger partial charge in [0, 0.05) is 25.7 Å². The standard InChI is InChI=1S/C36H52N2O6/c1-3-5-6-7-11-16-29(4-2)34(39)43-28-15-9-8-14-25-38(35(40)41)32-23-26-37(27-24-32)36(42)44-33-21-19-31(20-22-33)30-17-12-10-13-18-30/h10,12-13,17-22,29,32H,3-9,11,14-16,23-28H2,1-2H3,(H,40,41). The van der Waals surface area contributed by atoms with Gasteiger partial charge >= 0.3 is 18.2 Å². The molecule has 0 spiro atoms. The van der Waals surface area contributed by atoms with Crippen molar-refractivity contribution < 1.29 is 29.0 Å². The van der Waals surface area contributed by atoms with E-state index in [1.807, 2.05) is 49.4 Å². The molecule has 1 aliphatic rings. The third-order valence-electron chi connectivity index (χ3n) is 8.60. The first kappa shape index (κ1) is 34.9. The summed E-state index contributed by atoms with van der Waals surface area (Å²) in [5.41, 5.74) is 2.15. The van der Waals surface area contributed by atoms with Crippen LogP contribution in [0.5, 0.6) is 5.75 Å². The van der Waals surface area contributed by atoms with E-state index < -0.39 is 12.2 Å². The summed E-state index contributed by atoms with van der Waals surface area (Å²) in [6, 6.07) is 17.3. The molecule has 2 amide bonds. The number of amides is 2. The lowest BCUT2D eigenvalue weighted by molar-refractivity contribution is -0.149. The lowest BCUT2D eigenvalue weighted by Gasteiger charge is -2.36. The van der Waals surface area contributed by atoms with Gasteiger partial charge < -0.3 is 24.4 Å². The Hall–Kier alpha value is -3.55. The highest BCUT2D eigenvalue weighted by atomic mass is 16.6. The molecular weight excluding hydrogens is 556 g/mol. The van der Waals surface area contributed by atoms with Gasteiger partial charge in [0.1, 0.15) is 5.75 Å². The number of carbonyl (C=O) groups is 3. The second-order valence-electron chi connectivity index (χ2n) is 11.8. The predicted molar refractivity (Wildman–Crippen MR) is 174 cm³/mol. The summed E-state index contributed by atoms with van der Waals surface area (Å²) in [6.07, 6.45) is 10.9. The van der Waals surface area contributed by atoms with Gasteiger partial charge in [0.15, 0.2) is 0 Å². The van der Waals surface area contributed by atoms with Gasteiger partial charge in [0.05, 0.1) is 12.5 Å². The van der Waals surface area contributed by atoms with Gasteiger partial charge in [0.2, 0.25) is 0 Å². The highest BCUT2D eigenvalue weighted by molar-refractivity contribution is 5.72. The maximum Gasteiger partial charge on any atom is 0.415 e. The zero-order valence-corrected chi connectivity index (χ0v) is 26.8. The molecule has 1 N–H and O–H groups in total. The molecule has 2 aromatic rings. The number of likely N-dealkylation sites (tertiary alicyclic amines) is 1. The average Bonchev–Trinajstić information content (AvgIpc) is 3.04. The molecule has 1 heterocycles. The summed E-state index contributed by atoms with van der Waals surface area (Å²) < 4.78 is 11.1. The minimum absolute atomic E-state index is 0.000463. The predicted octanol–water partition coefficient (Wildman–Crippen LogP) is 8.79. The first-order valence-electron chi connectivity index (χ1n) is 16.7. The Morgan fingerprint density at radius 3 is 2.14 bits per heavy atom. The molecular formula is C36H52N2O6. The first-order valence-corrected chi connectivity index (χ1v) is 16.7.